The van der Waals surface area contributed by atoms with E-state index in [1.54, 1.807) is 0 Å². The molecule has 134 valence electrons. The molecular formula is C15H12FN5O5. The van der Waals surface area contributed by atoms with E-state index in [0.717, 1.165) is 21.4 Å². The number of aryl methyl sites for hydroxylation is 1. The lowest BCUT2D eigenvalue weighted by Crippen LogP contribution is -2.40. The molecule has 3 rings (SSSR count). The smallest absolute Gasteiger partial charge is 0.351 e. The van der Waals surface area contributed by atoms with Crippen molar-refractivity contribution in [3.63, 3.8) is 0 Å². The van der Waals surface area contributed by atoms with Crippen LogP contribution in [0.4, 0.5) is 4.39 Å². The van der Waals surface area contributed by atoms with Gasteiger partial charge in [-0.15, -0.1) is 0 Å². The molecule has 0 amide bonds. The van der Waals surface area contributed by atoms with Gasteiger partial charge in [0, 0.05) is 13.5 Å². The average molecular weight is 361 g/mol. The Kier molecular flexibility index (Phi) is 4.43. The van der Waals surface area contributed by atoms with Gasteiger partial charge in [-0.25, -0.2) is 9.18 Å². The van der Waals surface area contributed by atoms with Gasteiger partial charge in [0.05, 0.1) is 12.1 Å². The number of aromatic nitrogens is 5. The number of hydrogen-bond acceptors (Lipinski definition) is 7. The van der Waals surface area contributed by atoms with E-state index in [9.17, 15) is 18.8 Å². The van der Waals surface area contributed by atoms with Crippen molar-refractivity contribution in [2.45, 2.75) is 12.8 Å². The third-order valence-corrected chi connectivity index (χ3v) is 3.48. The Labute approximate surface area is 144 Å². The summed E-state index contributed by atoms with van der Waals surface area (Å²) in [7, 11) is 1.25. The summed E-state index contributed by atoms with van der Waals surface area (Å²) >= 11 is 0. The van der Waals surface area contributed by atoms with Crippen LogP contribution in [0.2, 0.25) is 0 Å². The van der Waals surface area contributed by atoms with E-state index >= 15 is 0 Å². The van der Waals surface area contributed by atoms with Gasteiger partial charge in [-0.05, 0) is 24.3 Å². The van der Waals surface area contributed by atoms with Crippen LogP contribution in [0.1, 0.15) is 12.3 Å². The molecule has 2 heterocycles. The number of carboxylic acids is 1. The number of nitrogens with zero attached hydrogens (tertiary/aromatic N) is 5. The molecule has 0 bridgehead atoms. The summed E-state index contributed by atoms with van der Waals surface area (Å²) in [6.45, 7) is 0. The van der Waals surface area contributed by atoms with Gasteiger partial charge in [0.1, 0.15) is 5.82 Å². The SMILES string of the molecule is Cn1c(=O)c(-c2noc(CCC(=O)O)n2)nn(-c2ccc(F)cc2)c1=O. The van der Waals surface area contributed by atoms with Crippen molar-refractivity contribution in [1.29, 1.82) is 0 Å². The standard InChI is InChI=1S/C15H12FN5O5/c1-20-14(24)12(13-17-10(26-19-13)6-7-11(22)23)18-21(15(20)25)9-4-2-8(16)3-5-9/h2-5H,6-7H2,1H3,(H,22,23). The van der Waals surface area contributed by atoms with Crippen molar-refractivity contribution >= 4 is 5.97 Å². The van der Waals surface area contributed by atoms with Gasteiger partial charge in [0.15, 0.2) is 5.69 Å². The quantitative estimate of drug-likeness (QED) is 0.678. The van der Waals surface area contributed by atoms with Crippen LogP contribution in [-0.2, 0) is 18.3 Å². The molecule has 3 aromatic rings. The van der Waals surface area contributed by atoms with Gasteiger partial charge in [-0.2, -0.15) is 14.8 Å². The molecule has 0 spiro atoms. The van der Waals surface area contributed by atoms with Crippen molar-refractivity contribution in [2.75, 3.05) is 0 Å². The maximum atomic E-state index is 13.1. The van der Waals surface area contributed by atoms with E-state index in [0.29, 0.717) is 0 Å². The highest BCUT2D eigenvalue weighted by Gasteiger charge is 2.19. The molecule has 1 N–H and O–H groups in total. The van der Waals surface area contributed by atoms with Gasteiger partial charge < -0.3 is 9.63 Å². The van der Waals surface area contributed by atoms with Gasteiger partial charge >= 0.3 is 11.7 Å². The maximum absolute atomic E-state index is 13.1. The van der Waals surface area contributed by atoms with Crippen molar-refractivity contribution in [3.05, 3.63) is 56.8 Å². The Hall–Kier alpha value is -3.63. The summed E-state index contributed by atoms with van der Waals surface area (Å²) in [5.74, 6) is -1.69. The zero-order valence-electron chi connectivity index (χ0n) is 13.4. The summed E-state index contributed by atoms with van der Waals surface area (Å²) in [5, 5.41) is 16.2. The van der Waals surface area contributed by atoms with Crippen molar-refractivity contribution < 1.29 is 18.8 Å². The Morgan fingerprint density at radius 1 is 1.27 bits per heavy atom. The van der Waals surface area contributed by atoms with Crippen LogP contribution in [0.25, 0.3) is 17.2 Å². The third-order valence-electron chi connectivity index (χ3n) is 3.48. The van der Waals surface area contributed by atoms with Crippen LogP contribution in [0.5, 0.6) is 0 Å². The summed E-state index contributed by atoms with van der Waals surface area (Å²) in [6, 6.07) is 4.94. The summed E-state index contributed by atoms with van der Waals surface area (Å²) in [4.78, 5) is 39.1. The maximum Gasteiger partial charge on any atom is 0.351 e. The number of carboxylic acid groups (broad SMARTS) is 1. The Balaban J connectivity index is 2.08. The van der Waals surface area contributed by atoms with Gasteiger partial charge in [0.25, 0.3) is 5.56 Å². The predicted molar refractivity (Wildman–Crippen MR) is 84.3 cm³/mol. The molecule has 0 saturated carbocycles. The summed E-state index contributed by atoms with van der Waals surface area (Å²) in [5.41, 5.74) is -1.51. The first-order valence-electron chi connectivity index (χ1n) is 7.38. The molecule has 0 aliphatic carbocycles. The Morgan fingerprint density at radius 3 is 2.62 bits per heavy atom. The van der Waals surface area contributed by atoms with Crippen LogP contribution in [0, 0.1) is 5.82 Å². The minimum absolute atomic E-state index is 0.0136. The normalized spacial score (nSPS) is 10.8. The first-order valence-corrected chi connectivity index (χ1v) is 7.38. The minimum Gasteiger partial charge on any atom is -0.481 e. The van der Waals surface area contributed by atoms with E-state index < -0.39 is 23.0 Å². The number of carbonyl (C=O) groups is 1. The van der Waals surface area contributed by atoms with Gasteiger partial charge in [0.2, 0.25) is 11.7 Å². The summed E-state index contributed by atoms with van der Waals surface area (Å²) in [6.07, 6.45) is -0.234. The van der Waals surface area contributed by atoms with Crippen molar-refractivity contribution in [2.24, 2.45) is 7.05 Å². The largest absolute Gasteiger partial charge is 0.481 e. The van der Waals surface area contributed by atoms with Crippen LogP contribution < -0.4 is 11.2 Å². The second-order valence-electron chi connectivity index (χ2n) is 5.29. The van der Waals surface area contributed by atoms with Crippen LogP contribution in [0.15, 0.2) is 38.4 Å². The molecule has 0 fully saturated rings. The molecule has 2 aromatic heterocycles. The van der Waals surface area contributed by atoms with Gasteiger partial charge in [-0.1, -0.05) is 5.16 Å². The second kappa shape index (κ2) is 6.70. The highest BCUT2D eigenvalue weighted by molar-refractivity contribution is 5.66. The molecule has 0 radical (unpaired) electrons. The molecule has 0 aliphatic heterocycles. The number of hydrogen-bond donors (Lipinski definition) is 1. The fraction of sp³-hybridized carbons (Fsp3) is 0.200. The molecule has 0 saturated heterocycles. The first kappa shape index (κ1) is 17.2. The topological polar surface area (TPSA) is 133 Å². The van der Waals surface area contributed by atoms with Gasteiger partial charge in [-0.3, -0.25) is 14.2 Å². The van der Waals surface area contributed by atoms with Crippen LogP contribution >= 0.6 is 0 Å². The lowest BCUT2D eigenvalue weighted by atomic mass is 10.3. The zero-order chi connectivity index (χ0) is 18.8. The molecule has 0 aliphatic rings. The zero-order valence-corrected chi connectivity index (χ0v) is 13.4. The summed E-state index contributed by atoms with van der Waals surface area (Å²) < 4.78 is 19.7. The molecule has 10 nitrogen and oxygen atoms in total. The molecule has 0 atom stereocenters. The molecular weight excluding hydrogens is 349 g/mol. The fourth-order valence-electron chi connectivity index (χ4n) is 2.13. The number of rotatable bonds is 5. The first-order chi connectivity index (χ1) is 12.4. The van der Waals surface area contributed by atoms with Crippen LogP contribution in [0.3, 0.4) is 0 Å². The molecule has 0 unspecified atom stereocenters. The lowest BCUT2D eigenvalue weighted by molar-refractivity contribution is -0.137. The monoisotopic (exact) mass is 361 g/mol. The Morgan fingerprint density at radius 2 is 1.96 bits per heavy atom. The van der Waals surface area contributed by atoms with Crippen molar-refractivity contribution in [1.82, 2.24) is 24.5 Å². The Bertz CT molecular complexity index is 1080. The molecule has 26 heavy (non-hydrogen) atoms. The van der Waals surface area contributed by atoms with E-state index in [1.807, 2.05) is 0 Å². The number of benzene rings is 1. The van der Waals surface area contributed by atoms with E-state index in [2.05, 4.69) is 15.2 Å². The van der Waals surface area contributed by atoms with Crippen LogP contribution in [-0.4, -0.2) is 35.6 Å². The minimum atomic E-state index is -1.04. The van der Waals surface area contributed by atoms with Crippen molar-refractivity contribution in [3.8, 4) is 17.2 Å². The fourth-order valence-corrected chi connectivity index (χ4v) is 2.13. The second-order valence-corrected chi connectivity index (χ2v) is 5.29. The highest BCUT2D eigenvalue weighted by atomic mass is 19.1. The number of aliphatic carboxylic acids is 1. The average Bonchev–Trinajstić information content (AvgIpc) is 3.08. The predicted octanol–water partition coefficient (Wildman–Crippen LogP) is 0.137. The van der Waals surface area contributed by atoms with E-state index in [1.165, 1.54) is 19.2 Å². The number of halogens is 1. The molecule has 11 heteroatoms. The van der Waals surface area contributed by atoms with E-state index in [-0.39, 0.29) is 35.9 Å². The highest BCUT2D eigenvalue weighted by Crippen LogP contribution is 2.11. The lowest BCUT2D eigenvalue weighted by Gasteiger charge is -2.07. The third kappa shape index (κ3) is 3.27. The molecule has 1 aromatic carbocycles. The van der Waals surface area contributed by atoms with E-state index in [4.69, 9.17) is 9.63 Å².